The van der Waals surface area contributed by atoms with E-state index in [2.05, 4.69) is 15.4 Å². The Balaban J connectivity index is 2.39. The maximum absolute atomic E-state index is 9.46. The van der Waals surface area contributed by atoms with Gasteiger partial charge in [0.1, 0.15) is 17.2 Å². The molecule has 5 heteroatoms. The predicted octanol–water partition coefficient (Wildman–Crippen LogP) is 2.03. The van der Waals surface area contributed by atoms with E-state index in [4.69, 9.17) is 4.74 Å². The van der Waals surface area contributed by atoms with E-state index in [-0.39, 0.29) is 5.75 Å². The summed E-state index contributed by atoms with van der Waals surface area (Å²) in [5, 5.41) is 20.6. The maximum Gasteiger partial charge on any atom is 0.132 e. The molecular weight excluding hydrogens is 218 g/mol. The molecule has 2 aromatic rings. The van der Waals surface area contributed by atoms with Gasteiger partial charge in [0.15, 0.2) is 0 Å². The number of aromatic hydroxyl groups is 1. The number of phenols is 1. The van der Waals surface area contributed by atoms with Crippen molar-refractivity contribution in [2.45, 2.75) is 13.3 Å². The summed E-state index contributed by atoms with van der Waals surface area (Å²) in [6.07, 6.45) is 2.47. The Kier molecular flexibility index (Phi) is 3.49. The van der Waals surface area contributed by atoms with E-state index in [0.717, 1.165) is 12.0 Å². The van der Waals surface area contributed by atoms with Gasteiger partial charge in [-0.3, -0.25) is 0 Å². The van der Waals surface area contributed by atoms with E-state index < -0.39 is 0 Å². The van der Waals surface area contributed by atoms with Crippen molar-refractivity contribution in [3.05, 3.63) is 30.5 Å². The van der Waals surface area contributed by atoms with Gasteiger partial charge in [0.2, 0.25) is 0 Å². The van der Waals surface area contributed by atoms with Crippen LogP contribution in [0.2, 0.25) is 0 Å². The minimum absolute atomic E-state index is 0.168. The Hall–Kier alpha value is -2.17. The summed E-state index contributed by atoms with van der Waals surface area (Å²) < 4.78 is 5.57. The highest BCUT2D eigenvalue weighted by Gasteiger charge is 2.08. The molecule has 1 aromatic carbocycles. The van der Waals surface area contributed by atoms with Crippen LogP contribution in [0.4, 0.5) is 0 Å². The van der Waals surface area contributed by atoms with Crippen molar-refractivity contribution in [3.63, 3.8) is 0 Å². The molecule has 0 aliphatic heterocycles. The molecule has 17 heavy (non-hydrogen) atoms. The largest absolute Gasteiger partial charge is 0.508 e. The first kappa shape index (κ1) is 11.3. The van der Waals surface area contributed by atoms with Crippen LogP contribution in [0.1, 0.15) is 13.3 Å². The summed E-state index contributed by atoms with van der Waals surface area (Å²) >= 11 is 0. The monoisotopic (exact) mass is 231 g/mol. The Bertz CT molecular complexity index is 488. The standard InChI is InChI=1S/C12H13N3O2/c1-2-7-17-12-8-9(16)3-4-10(12)11-5-6-13-15-14-11/h3-6,8,16H,2,7H2,1H3. The Labute approximate surface area is 99.1 Å². The Morgan fingerprint density at radius 1 is 1.29 bits per heavy atom. The fraction of sp³-hybridized carbons (Fsp3) is 0.250. The average Bonchev–Trinajstić information content (AvgIpc) is 2.37. The first-order chi connectivity index (χ1) is 8.31. The molecule has 88 valence electrons. The third-order valence-electron chi connectivity index (χ3n) is 2.21. The highest BCUT2D eigenvalue weighted by molar-refractivity contribution is 5.67. The molecule has 1 N–H and O–H groups in total. The van der Waals surface area contributed by atoms with Crippen LogP contribution < -0.4 is 4.74 Å². The zero-order valence-corrected chi connectivity index (χ0v) is 9.50. The smallest absolute Gasteiger partial charge is 0.132 e. The molecule has 0 saturated heterocycles. The van der Waals surface area contributed by atoms with Crippen molar-refractivity contribution in [2.75, 3.05) is 6.61 Å². The van der Waals surface area contributed by atoms with E-state index in [0.29, 0.717) is 18.1 Å². The Morgan fingerprint density at radius 3 is 2.88 bits per heavy atom. The van der Waals surface area contributed by atoms with Gasteiger partial charge >= 0.3 is 0 Å². The fourth-order valence-corrected chi connectivity index (χ4v) is 1.44. The summed E-state index contributed by atoms with van der Waals surface area (Å²) in [4.78, 5) is 0. The molecule has 0 aliphatic carbocycles. The van der Waals surface area contributed by atoms with Crippen molar-refractivity contribution >= 4 is 0 Å². The molecule has 0 fully saturated rings. The Morgan fingerprint density at radius 2 is 2.18 bits per heavy atom. The second-order valence-electron chi connectivity index (χ2n) is 3.53. The quantitative estimate of drug-likeness (QED) is 0.872. The third kappa shape index (κ3) is 2.69. The summed E-state index contributed by atoms with van der Waals surface area (Å²) in [6.45, 7) is 2.61. The van der Waals surface area contributed by atoms with E-state index in [1.54, 1.807) is 30.5 Å². The fourth-order valence-electron chi connectivity index (χ4n) is 1.44. The molecule has 1 aromatic heterocycles. The molecule has 0 atom stereocenters. The van der Waals surface area contributed by atoms with Crippen molar-refractivity contribution in [3.8, 4) is 22.8 Å². The van der Waals surface area contributed by atoms with Crippen LogP contribution in [0.25, 0.3) is 11.3 Å². The average molecular weight is 231 g/mol. The SMILES string of the molecule is CCCOc1cc(O)ccc1-c1ccnnn1. The predicted molar refractivity (Wildman–Crippen MR) is 62.7 cm³/mol. The van der Waals surface area contributed by atoms with Crippen LogP contribution in [0.5, 0.6) is 11.5 Å². The van der Waals surface area contributed by atoms with Crippen LogP contribution >= 0.6 is 0 Å². The van der Waals surface area contributed by atoms with Crippen LogP contribution in [0.15, 0.2) is 30.5 Å². The van der Waals surface area contributed by atoms with Crippen LogP contribution in [-0.4, -0.2) is 27.1 Å². The van der Waals surface area contributed by atoms with Gasteiger partial charge in [-0.25, -0.2) is 0 Å². The number of rotatable bonds is 4. The van der Waals surface area contributed by atoms with Crippen LogP contribution in [-0.2, 0) is 0 Å². The highest BCUT2D eigenvalue weighted by atomic mass is 16.5. The van der Waals surface area contributed by atoms with Gasteiger partial charge in [-0.15, -0.1) is 10.2 Å². The zero-order chi connectivity index (χ0) is 12.1. The van der Waals surface area contributed by atoms with Gasteiger partial charge < -0.3 is 9.84 Å². The summed E-state index contributed by atoms with van der Waals surface area (Å²) in [5.41, 5.74) is 1.47. The minimum Gasteiger partial charge on any atom is -0.508 e. The molecule has 2 rings (SSSR count). The maximum atomic E-state index is 9.46. The molecule has 0 amide bonds. The molecule has 1 heterocycles. The van der Waals surface area contributed by atoms with Crippen molar-refractivity contribution < 1.29 is 9.84 Å². The second kappa shape index (κ2) is 5.25. The van der Waals surface area contributed by atoms with Gasteiger partial charge in [0.25, 0.3) is 0 Å². The van der Waals surface area contributed by atoms with Gasteiger partial charge in [0, 0.05) is 11.6 Å². The topological polar surface area (TPSA) is 68.1 Å². The van der Waals surface area contributed by atoms with E-state index in [9.17, 15) is 5.11 Å². The lowest BCUT2D eigenvalue weighted by Crippen LogP contribution is -1.98. The molecule has 0 bridgehead atoms. The number of ether oxygens (including phenoxy) is 1. The molecule has 0 unspecified atom stereocenters. The van der Waals surface area contributed by atoms with Crippen molar-refractivity contribution in [1.82, 2.24) is 15.4 Å². The van der Waals surface area contributed by atoms with Crippen LogP contribution in [0.3, 0.4) is 0 Å². The summed E-state index contributed by atoms with van der Waals surface area (Å²) in [7, 11) is 0. The van der Waals surface area contributed by atoms with Gasteiger partial charge in [0.05, 0.1) is 12.8 Å². The number of hydrogen-bond donors (Lipinski definition) is 1. The number of hydrogen-bond acceptors (Lipinski definition) is 5. The lowest BCUT2D eigenvalue weighted by Gasteiger charge is -2.10. The van der Waals surface area contributed by atoms with Gasteiger partial charge in [-0.1, -0.05) is 6.92 Å². The first-order valence-corrected chi connectivity index (χ1v) is 5.42. The van der Waals surface area contributed by atoms with Crippen molar-refractivity contribution in [2.24, 2.45) is 0 Å². The van der Waals surface area contributed by atoms with E-state index in [1.165, 1.54) is 0 Å². The van der Waals surface area contributed by atoms with E-state index in [1.807, 2.05) is 6.92 Å². The lowest BCUT2D eigenvalue weighted by molar-refractivity contribution is 0.316. The molecule has 0 aliphatic rings. The lowest BCUT2D eigenvalue weighted by atomic mass is 10.1. The normalized spacial score (nSPS) is 10.2. The minimum atomic E-state index is 0.168. The molecule has 0 radical (unpaired) electrons. The van der Waals surface area contributed by atoms with Gasteiger partial charge in [-0.05, 0) is 29.8 Å². The highest BCUT2D eigenvalue weighted by Crippen LogP contribution is 2.31. The molecular formula is C12H13N3O2. The number of benzene rings is 1. The molecule has 0 spiro atoms. The van der Waals surface area contributed by atoms with E-state index >= 15 is 0 Å². The number of phenolic OH excluding ortho intramolecular Hbond substituents is 1. The summed E-state index contributed by atoms with van der Waals surface area (Å²) in [5.74, 6) is 0.772. The first-order valence-electron chi connectivity index (χ1n) is 5.42. The third-order valence-corrected chi connectivity index (χ3v) is 2.21. The van der Waals surface area contributed by atoms with Gasteiger partial charge in [-0.2, -0.15) is 0 Å². The number of nitrogens with zero attached hydrogens (tertiary/aromatic N) is 3. The zero-order valence-electron chi connectivity index (χ0n) is 9.50. The number of aromatic nitrogens is 3. The molecule has 5 nitrogen and oxygen atoms in total. The van der Waals surface area contributed by atoms with Crippen LogP contribution in [0, 0.1) is 0 Å². The second-order valence-corrected chi connectivity index (χ2v) is 3.53. The molecule has 0 saturated carbocycles. The van der Waals surface area contributed by atoms with Crippen molar-refractivity contribution in [1.29, 1.82) is 0 Å². The summed E-state index contributed by atoms with van der Waals surface area (Å²) in [6, 6.07) is 6.67.